The number of aryl methyl sites for hydroxylation is 1. The van der Waals surface area contributed by atoms with E-state index in [1.807, 2.05) is 43.9 Å². The number of carbonyl (C=O) groups is 1. The van der Waals surface area contributed by atoms with E-state index in [1.165, 1.54) is 21.0 Å². The molecule has 1 aliphatic carbocycles. The number of thiophene rings is 1. The van der Waals surface area contributed by atoms with Crippen molar-refractivity contribution in [3.63, 3.8) is 0 Å². The number of morpholine rings is 1. The molecule has 2 aliphatic heterocycles. The first-order chi connectivity index (χ1) is 16.9. The molecule has 1 fully saturated rings. The first kappa shape index (κ1) is 23.2. The van der Waals surface area contributed by atoms with Gasteiger partial charge in [0.1, 0.15) is 10.8 Å². The summed E-state index contributed by atoms with van der Waals surface area (Å²) in [6.07, 6.45) is 2.51. The summed E-state index contributed by atoms with van der Waals surface area (Å²) in [4.78, 5) is 16.9. The van der Waals surface area contributed by atoms with Gasteiger partial charge in [0.15, 0.2) is 5.82 Å². The molecule has 9 heteroatoms. The fraction of sp³-hybridized carbons (Fsp3) is 0.500. The topological polar surface area (TPSA) is 72.3 Å². The van der Waals surface area contributed by atoms with Gasteiger partial charge >= 0.3 is 0 Å². The molecule has 0 radical (unpaired) electrons. The van der Waals surface area contributed by atoms with Crippen molar-refractivity contribution >= 4 is 28.8 Å². The Morgan fingerprint density at radius 2 is 1.97 bits per heavy atom. The molecule has 0 saturated carbocycles. The molecule has 3 aliphatic rings. The van der Waals surface area contributed by atoms with Gasteiger partial charge in [0.05, 0.1) is 18.8 Å². The molecule has 1 saturated heterocycles. The largest absolute Gasteiger partial charge is 0.372 e. The van der Waals surface area contributed by atoms with Crippen molar-refractivity contribution in [1.29, 1.82) is 0 Å². The minimum absolute atomic E-state index is 0.00949. The van der Waals surface area contributed by atoms with Crippen LogP contribution in [0.25, 0.3) is 5.00 Å². The summed E-state index contributed by atoms with van der Waals surface area (Å²) < 4.78 is 8.05. The average Bonchev–Trinajstić information content (AvgIpc) is 3.46. The van der Waals surface area contributed by atoms with Gasteiger partial charge in [-0.3, -0.25) is 9.36 Å². The molecule has 184 valence electrons. The lowest BCUT2D eigenvalue weighted by Gasteiger charge is -2.36. The van der Waals surface area contributed by atoms with Gasteiger partial charge in [-0.2, -0.15) is 0 Å². The van der Waals surface area contributed by atoms with Crippen molar-refractivity contribution in [2.24, 2.45) is 5.92 Å². The molecular formula is C26H30ClN5O2S. The number of nitrogens with zero attached hydrogens (tertiary/aromatic N) is 4. The summed E-state index contributed by atoms with van der Waals surface area (Å²) in [5.74, 6) is 2.07. The highest BCUT2D eigenvalue weighted by Crippen LogP contribution is 2.46. The van der Waals surface area contributed by atoms with Crippen LogP contribution >= 0.6 is 22.9 Å². The second kappa shape index (κ2) is 9.00. The highest BCUT2D eigenvalue weighted by atomic mass is 35.5. The van der Waals surface area contributed by atoms with E-state index in [0.29, 0.717) is 19.6 Å². The van der Waals surface area contributed by atoms with E-state index in [2.05, 4.69) is 26.1 Å². The molecule has 0 unspecified atom stereocenters. The summed E-state index contributed by atoms with van der Waals surface area (Å²) >= 11 is 8.36. The fourth-order valence-electron chi connectivity index (χ4n) is 5.92. The lowest BCUT2D eigenvalue weighted by Crippen LogP contribution is -2.50. The predicted molar refractivity (Wildman–Crippen MR) is 136 cm³/mol. The molecule has 4 heterocycles. The minimum atomic E-state index is -0.00949. The number of benzene rings is 1. The molecule has 1 N–H and O–H groups in total. The molecule has 1 aromatic carbocycles. The van der Waals surface area contributed by atoms with Gasteiger partial charge in [-0.1, -0.05) is 29.8 Å². The van der Waals surface area contributed by atoms with E-state index < -0.39 is 0 Å². The summed E-state index contributed by atoms with van der Waals surface area (Å²) in [7, 11) is 0. The second-order valence-electron chi connectivity index (χ2n) is 10.1. The summed E-state index contributed by atoms with van der Waals surface area (Å²) in [5, 5.41) is 14.5. The quantitative estimate of drug-likeness (QED) is 0.575. The Balaban J connectivity index is 1.35. The predicted octanol–water partition coefficient (Wildman–Crippen LogP) is 4.03. The van der Waals surface area contributed by atoms with Crippen LogP contribution in [0.3, 0.4) is 0 Å². The second-order valence-corrected chi connectivity index (χ2v) is 11.5. The number of nitrogens with one attached hydrogen (secondary N) is 1. The van der Waals surface area contributed by atoms with Gasteiger partial charge in [0.2, 0.25) is 5.91 Å². The summed E-state index contributed by atoms with van der Waals surface area (Å²) in [5.41, 5.74) is 3.72. The minimum Gasteiger partial charge on any atom is -0.372 e. The third-order valence-corrected chi connectivity index (χ3v) is 9.03. The van der Waals surface area contributed by atoms with Gasteiger partial charge in [0.25, 0.3) is 0 Å². The first-order valence-electron chi connectivity index (χ1n) is 12.4. The zero-order chi connectivity index (χ0) is 24.3. The molecule has 1 amide bonds. The molecule has 6 rings (SSSR count). The standard InChI is InChI=1S/C26H30ClN5O2S/c1-14-12-31(13-15(2)34-14)25(33)18-8-19-22(10-18)35-26-24(19)21(9-17-6-4-5-7-20(17)27)28-11-23-30-29-16(3)32(23)26/h4-7,14-15,18,21,28H,8-13H2,1-3H3/t14-,15-,18-,21-/m0/s1. The van der Waals surface area contributed by atoms with Gasteiger partial charge < -0.3 is 15.0 Å². The van der Waals surface area contributed by atoms with E-state index in [1.54, 1.807) is 11.3 Å². The van der Waals surface area contributed by atoms with E-state index in [-0.39, 0.29) is 30.1 Å². The van der Waals surface area contributed by atoms with Crippen LogP contribution in [0.15, 0.2) is 24.3 Å². The zero-order valence-electron chi connectivity index (χ0n) is 20.3. The molecule has 4 atom stereocenters. The SMILES string of the molecule is Cc1nnc2n1-c1sc3c(c1[C@H](Cc1ccccc1Cl)NC2)C[C@H](C(=O)N1C[C@H](C)O[C@@H](C)C1)C3. The number of aromatic nitrogens is 3. The van der Waals surface area contributed by atoms with Crippen molar-refractivity contribution in [3.8, 4) is 5.00 Å². The maximum Gasteiger partial charge on any atom is 0.226 e. The molecular weight excluding hydrogens is 482 g/mol. The van der Waals surface area contributed by atoms with E-state index in [4.69, 9.17) is 16.3 Å². The van der Waals surface area contributed by atoms with E-state index >= 15 is 0 Å². The van der Waals surface area contributed by atoms with Gasteiger partial charge in [-0.05, 0) is 57.2 Å². The van der Waals surface area contributed by atoms with Crippen LogP contribution < -0.4 is 5.32 Å². The number of carbonyl (C=O) groups excluding carboxylic acids is 1. The number of rotatable bonds is 3. The van der Waals surface area contributed by atoms with Crippen LogP contribution in [0, 0.1) is 12.8 Å². The lowest BCUT2D eigenvalue weighted by molar-refractivity contribution is -0.147. The third kappa shape index (κ3) is 4.10. The van der Waals surface area contributed by atoms with Crippen LogP contribution in [-0.2, 0) is 35.3 Å². The Morgan fingerprint density at radius 3 is 2.74 bits per heavy atom. The highest BCUT2D eigenvalue weighted by Gasteiger charge is 2.40. The smallest absolute Gasteiger partial charge is 0.226 e. The van der Waals surface area contributed by atoms with Crippen molar-refractivity contribution in [2.75, 3.05) is 13.1 Å². The number of ether oxygens (including phenoxy) is 1. The Kier molecular flexibility index (Phi) is 5.95. The van der Waals surface area contributed by atoms with Crippen LogP contribution in [-0.4, -0.2) is 50.9 Å². The van der Waals surface area contributed by atoms with Crippen LogP contribution in [0.5, 0.6) is 0 Å². The molecule has 7 nitrogen and oxygen atoms in total. The molecule has 0 spiro atoms. The third-order valence-electron chi connectivity index (χ3n) is 7.41. The van der Waals surface area contributed by atoms with Crippen molar-refractivity contribution in [1.82, 2.24) is 25.0 Å². The number of hydrogen-bond acceptors (Lipinski definition) is 6. The fourth-order valence-corrected chi connectivity index (χ4v) is 7.67. The number of halogens is 1. The van der Waals surface area contributed by atoms with Crippen LogP contribution in [0.2, 0.25) is 5.02 Å². The Hall–Kier alpha value is -2.26. The van der Waals surface area contributed by atoms with Crippen molar-refractivity contribution in [2.45, 2.75) is 64.8 Å². The van der Waals surface area contributed by atoms with Gasteiger partial charge in [-0.15, -0.1) is 21.5 Å². The molecule has 3 aromatic rings. The Bertz CT molecular complexity index is 1280. The molecule has 2 aromatic heterocycles. The van der Waals surface area contributed by atoms with Gasteiger partial charge in [-0.25, -0.2) is 0 Å². The normalized spacial score (nSPS) is 25.7. The zero-order valence-corrected chi connectivity index (χ0v) is 21.8. The summed E-state index contributed by atoms with van der Waals surface area (Å²) in [6.45, 7) is 8.08. The van der Waals surface area contributed by atoms with E-state index in [0.717, 1.165) is 41.5 Å². The first-order valence-corrected chi connectivity index (χ1v) is 13.5. The van der Waals surface area contributed by atoms with Crippen molar-refractivity contribution < 1.29 is 9.53 Å². The van der Waals surface area contributed by atoms with E-state index in [9.17, 15) is 4.79 Å². The number of fused-ring (bicyclic) bond motifs is 5. The number of amides is 1. The lowest BCUT2D eigenvalue weighted by atomic mass is 9.95. The molecule has 0 bridgehead atoms. The molecule has 35 heavy (non-hydrogen) atoms. The number of hydrogen-bond donors (Lipinski definition) is 1. The highest BCUT2D eigenvalue weighted by molar-refractivity contribution is 7.15. The monoisotopic (exact) mass is 511 g/mol. The average molecular weight is 512 g/mol. The summed E-state index contributed by atoms with van der Waals surface area (Å²) in [6, 6.07) is 8.14. The maximum absolute atomic E-state index is 13.5. The Morgan fingerprint density at radius 1 is 1.20 bits per heavy atom. The van der Waals surface area contributed by atoms with Crippen LogP contribution in [0.4, 0.5) is 0 Å². The maximum atomic E-state index is 13.5. The van der Waals surface area contributed by atoms with Crippen LogP contribution in [0.1, 0.15) is 53.1 Å². The van der Waals surface area contributed by atoms with Crippen molar-refractivity contribution in [3.05, 3.63) is 62.5 Å². The van der Waals surface area contributed by atoms with Gasteiger partial charge in [0, 0.05) is 40.5 Å². The Labute approximate surface area is 214 Å².